The highest BCUT2D eigenvalue weighted by atomic mass is 19.4. The highest BCUT2D eigenvalue weighted by Crippen LogP contribution is 2.29. The number of alkyl halides is 3. The average molecular weight is 224 g/mol. The number of nitrogens with zero attached hydrogens (tertiary/aromatic N) is 1. The summed E-state index contributed by atoms with van der Waals surface area (Å²) < 4.78 is 38.5. The normalized spacial score (nSPS) is 23.8. The molecule has 1 heterocycles. The van der Waals surface area contributed by atoms with Crippen LogP contribution in [0.1, 0.15) is 32.6 Å². The van der Waals surface area contributed by atoms with E-state index in [1.807, 2.05) is 0 Å². The third-order valence-corrected chi connectivity index (χ3v) is 3.00. The van der Waals surface area contributed by atoms with Crippen LogP contribution in [0.25, 0.3) is 0 Å². The van der Waals surface area contributed by atoms with Crippen molar-refractivity contribution in [3.05, 3.63) is 0 Å². The molecule has 1 saturated heterocycles. The lowest BCUT2D eigenvalue weighted by atomic mass is 10.0. The Hall–Kier alpha value is -0.290. The van der Waals surface area contributed by atoms with Gasteiger partial charge in [-0.3, -0.25) is 4.90 Å². The Kier molecular flexibility index (Phi) is 4.40. The van der Waals surface area contributed by atoms with Gasteiger partial charge in [-0.1, -0.05) is 13.3 Å². The first kappa shape index (κ1) is 12.8. The largest absolute Gasteiger partial charge is 0.405 e. The Balaban J connectivity index is 2.70. The van der Waals surface area contributed by atoms with Gasteiger partial charge in [-0.2, -0.15) is 13.2 Å². The Morgan fingerprint density at radius 2 is 1.73 bits per heavy atom. The molecule has 5 heteroatoms. The van der Waals surface area contributed by atoms with Gasteiger partial charge in [0.1, 0.15) is 6.04 Å². The molecule has 0 aromatic heterocycles. The van der Waals surface area contributed by atoms with Crippen LogP contribution in [0.5, 0.6) is 0 Å². The fraction of sp³-hybridized carbons (Fsp3) is 1.00. The molecule has 1 aliphatic rings. The van der Waals surface area contributed by atoms with Crippen LogP contribution in [0.3, 0.4) is 0 Å². The summed E-state index contributed by atoms with van der Waals surface area (Å²) in [5.74, 6) is 0. The molecule has 0 spiro atoms. The van der Waals surface area contributed by atoms with E-state index < -0.39 is 18.3 Å². The zero-order valence-electron chi connectivity index (χ0n) is 9.06. The van der Waals surface area contributed by atoms with Gasteiger partial charge in [-0.15, -0.1) is 0 Å². The average Bonchev–Trinajstić information content (AvgIpc) is 2.17. The maximum atomic E-state index is 12.8. The van der Waals surface area contributed by atoms with Crippen LogP contribution >= 0.6 is 0 Å². The second-order valence-electron chi connectivity index (χ2n) is 4.16. The van der Waals surface area contributed by atoms with Crippen molar-refractivity contribution in [2.45, 2.75) is 50.9 Å². The fourth-order valence-electron chi connectivity index (χ4n) is 2.14. The van der Waals surface area contributed by atoms with E-state index >= 15 is 0 Å². The van der Waals surface area contributed by atoms with Gasteiger partial charge in [0.15, 0.2) is 0 Å². The smallest absolute Gasteiger partial charge is 0.326 e. The van der Waals surface area contributed by atoms with Gasteiger partial charge < -0.3 is 5.73 Å². The second-order valence-corrected chi connectivity index (χ2v) is 4.16. The highest BCUT2D eigenvalue weighted by Gasteiger charge is 2.46. The van der Waals surface area contributed by atoms with Gasteiger partial charge in [0.25, 0.3) is 0 Å². The molecule has 0 radical (unpaired) electrons. The van der Waals surface area contributed by atoms with E-state index in [9.17, 15) is 13.2 Å². The lowest BCUT2D eigenvalue weighted by molar-refractivity contribution is -0.191. The van der Waals surface area contributed by atoms with E-state index in [1.165, 1.54) is 4.90 Å². The number of nitrogens with two attached hydrogens (primary N) is 1. The van der Waals surface area contributed by atoms with Crippen molar-refractivity contribution >= 4 is 0 Å². The van der Waals surface area contributed by atoms with E-state index in [0.717, 1.165) is 19.3 Å². The van der Waals surface area contributed by atoms with E-state index in [2.05, 4.69) is 0 Å². The molecule has 0 saturated carbocycles. The maximum Gasteiger partial charge on any atom is 0.405 e. The zero-order chi connectivity index (χ0) is 11.5. The molecular formula is C10H19F3N2. The van der Waals surface area contributed by atoms with Crippen molar-refractivity contribution in [2.75, 3.05) is 13.1 Å². The molecule has 1 rings (SSSR count). The molecule has 1 aliphatic heterocycles. The Bertz CT molecular complexity index is 188. The van der Waals surface area contributed by atoms with Crippen LogP contribution in [-0.4, -0.2) is 36.2 Å². The maximum absolute atomic E-state index is 12.8. The molecule has 15 heavy (non-hydrogen) atoms. The molecule has 1 fully saturated rings. The molecule has 90 valence electrons. The van der Waals surface area contributed by atoms with Gasteiger partial charge in [0.05, 0.1) is 0 Å². The summed E-state index contributed by atoms with van der Waals surface area (Å²) in [4.78, 5) is 1.50. The minimum Gasteiger partial charge on any atom is -0.326 e. The van der Waals surface area contributed by atoms with Crippen LogP contribution in [0.15, 0.2) is 0 Å². The standard InChI is InChI=1S/C10H19F3N2/c1-2-8(14)9(10(11,12)13)15-6-4-3-5-7-15/h8-9H,2-7,14H2,1H3. The van der Waals surface area contributed by atoms with Crippen LogP contribution in [0.2, 0.25) is 0 Å². The number of likely N-dealkylation sites (tertiary alicyclic amines) is 1. The highest BCUT2D eigenvalue weighted by molar-refractivity contribution is 4.88. The monoisotopic (exact) mass is 224 g/mol. The van der Waals surface area contributed by atoms with Crippen LogP contribution in [0.4, 0.5) is 13.2 Å². The number of rotatable bonds is 3. The summed E-state index contributed by atoms with van der Waals surface area (Å²) in [6, 6.07) is -2.26. The summed E-state index contributed by atoms with van der Waals surface area (Å²) in [5.41, 5.74) is 5.57. The molecule has 0 aromatic carbocycles. The first-order chi connectivity index (χ1) is 6.96. The van der Waals surface area contributed by atoms with Crippen molar-refractivity contribution in [1.29, 1.82) is 0 Å². The van der Waals surface area contributed by atoms with Crippen molar-refractivity contribution < 1.29 is 13.2 Å². The van der Waals surface area contributed by atoms with Crippen molar-refractivity contribution in [3.8, 4) is 0 Å². The summed E-state index contributed by atoms with van der Waals surface area (Å²) in [7, 11) is 0. The van der Waals surface area contributed by atoms with Gasteiger partial charge in [0, 0.05) is 6.04 Å². The molecular weight excluding hydrogens is 205 g/mol. The molecule has 0 amide bonds. The van der Waals surface area contributed by atoms with E-state index in [0.29, 0.717) is 19.5 Å². The van der Waals surface area contributed by atoms with Crippen molar-refractivity contribution in [2.24, 2.45) is 5.73 Å². The molecule has 2 atom stereocenters. The molecule has 2 unspecified atom stereocenters. The summed E-state index contributed by atoms with van der Waals surface area (Å²) >= 11 is 0. The Morgan fingerprint density at radius 1 is 1.20 bits per heavy atom. The summed E-state index contributed by atoms with van der Waals surface area (Å²) in [6.45, 7) is 2.75. The van der Waals surface area contributed by atoms with E-state index in [1.54, 1.807) is 6.92 Å². The SMILES string of the molecule is CCC(N)C(N1CCCCC1)C(F)(F)F. The van der Waals surface area contributed by atoms with E-state index in [-0.39, 0.29) is 0 Å². The number of halogens is 3. The molecule has 0 aliphatic carbocycles. The predicted molar refractivity (Wildman–Crippen MR) is 53.5 cm³/mol. The Morgan fingerprint density at radius 3 is 2.13 bits per heavy atom. The van der Waals surface area contributed by atoms with Crippen molar-refractivity contribution in [1.82, 2.24) is 4.90 Å². The lowest BCUT2D eigenvalue weighted by Gasteiger charge is -2.38. The lowest BCUT2D eigenvalue weighted by Crippen LogP contribution is -2.57. The van der Waals surface area contributed by atoms with Crippen LogP contribution in [-0.2, 0) is 0 Å². The minimum absolute atomic E-state index is 0.362. The quantitative estimate of drug-likeness (QED) is 0.795. The topological polar surface area (TPSA) is 29.3 Å². The zero-order valence-corrected chi connectivity index (χ0v) is 9.06. The third kappa shape index (κ3) is 3.34. The molecule has 0 bridgehead atoms. The second kappa shape index (κ2) is 5.16. The van der Waals surface area contributed by atoms with Crippen molar-refractivity contribution in [3.63, 3.8) is 0 Å². The molecule has 0 aromatic rings. The fourth-order valence-corrected chi connectivity index (χ4v) is 2.14. The summed E-state index contributed by atoms with van der Waals surface area (Å²) in [5, 5.41) is 0. The van der Waals surface area contributed by atoms with Crippen LogP contribution < -0.4 is 5.73 Å². The number of hydrogen-bond donors (Lipinski definition) is 1. The summed E-state index contributed by atoms with van der Waals surface area (Å²) in [6.07, 6.45) is -1.11. The molecule has 2 N–H and O–H groups in total. The van der Waals surface area contributed by atoms with Gasteiger partial charge >= 0.3 is 6.18 Å². The van der Waals surface area contributed by atoms with Gasteiger partial charge in [-0.05, 0) is 32.4 Å². The third-order valence-electron chi connectivity index (χ3n) is 3.00. The molecule has 2 nitrogen and oxygen atoms in total. The van der Waals surface area contributed by atoms with Crippen LogP contribution in [0, 0.1) is 0 Å². The van der Waals surface area contributed by atoms with E-state index in [4.69, 9.17) is 5.73 Å². The first-order valence-electron chi connectivity index (χ1n) is 5.53. The van der Waals surface area contributed by atoms with Gasteiger partial charge in [0.2, 0.25) is 0 Å². The first-order valence-corrected chi connectivity index (χ1v) is 5.53. The number of piperidine rings is 1. The Labute approximate surface area is 88.6 Å². The number of hydrogen-bond acceptors (Lipinski definition) is 2. The van der Waals surface area contributed by atoms with Gasteiger partial charge in [-0.25, -0.2) is 0 Å². The predicted octanol–water partition coefficient (Wildman–Crippen LogP) is 2.14. The minimum atomic E-state index is -4.20.